The van der Waals surface area contributed by atoms with Crippen LogP contribution < -0.4 is 4.90 Å². The van der Waals surface area contributed by atoms with Crippen LogP contribution in [0.25, 0.3) is 5.76 Å². The van der Waals surface area contributed by atoms with Gasteiger partial charge in [0.2, 0.25) is 0 Å². The number of aliphatic hydroxyl groups excluding tert-OH is 1. The first kappa shape index (κ1) is 18.7. The number of anilines is 1. The highest BCUT2D eigenvalue weighted by atomic mass is 19.1. The van der Waals surface area contributed by atoms with Crippen LogP contribution in [0.3, 0.4) is 0 Å². The third kappa shape index (κ3) is 3.23. The van der Waals surface area contributed by atoms with Crippen LogP contribution >= 0.6 is 0 Å². The fourth-order valence-corrected chi connectivity index (χ4v) is 3.67. The Bertz CT molecular complexity index is 1110. The van der Waals surface area contributed by atoms with Crippen molar-refractivity contribution in [1.29, 1.82) is 0 Å². The highest BCUT2D eigenvalue weighted by molar-refractivity contribution is 6.51. The summed E-state index contributed by atoms with van der Waals surface area (Å²) in [5.41, 5.74) is 2.53. The van der Waals surface area contributed by atoms with Gasteiger partial charge in [-0.25, -0.2) is 4.39 Å². The van der Waals surface area contributed by atoms with E-state index in [-0.39, 0.29) is 16.9 Å². The Morgan fingerprint density at radius 3 is 2.28 bits per heavy atom. The van der Waals surface area contributed by atoms with Crippen molar-refractivity contribution in [1.82, 2.24) is 0 Å². The smallest absolute Gasteiger partial charge is 0.300 e. The van der Waals surface area contributed by atoms with Crippen molar-refractivity contribution in [2.75, 3.05) is 4.90 Å². The van der Waals surface area contributed by atoms with E-state index in [9.17, 15) is 19.1 Å². The standard InChI is InChI=1S/C23H18FNO4/c1-13-10-14(2)12-17(11-13)25-20(18-4-3-9-29-18)19(22(27)23(25)28)21(26)15-5-7-16(24)8-6-15/h3-12,20,26H,1-2H3/b21-19-. The molecule has 5 nitrogen and oxygen atoms in total. The number of carbonyl (C=O) groups excluding carboxylic acids is 2. The maximum Gasteiger partial charge on any atom is 0.300 e. The van der Waals surface area contributed by atoms with Crippen LogP contribution in [0.1, 0.15) is 28.5 Å². The number of Topliss-reactive ketones (excluding diaryl/α,β-unsaturated/α-hetero) is 1. The van der Waals surface area contributed by atoms with E-state index >= 15 is 0 Å². The van der Waals surface area contributed by atoms with Gasteiger partial charge in [0.25, 0.3) is 11.7 Å². The fraction of sp³-hybridized carbons (Fsp3) is 0.130. The van der Waals surface area contributed by atoms with Gasteiger partial charge < -0.3 is 9.52 Å². The molecule has 0 radical (unpaired) electrons. The summed E-state index contributed by atoms with van der Waals surface area (Å²) >= 11 is 0. The van der Waals surface area contributed by atoms with Gasteiger partial charge in [-0.3, -0.25) is 14.5 Å². The molecule has 1 amide bonds. The predicted molar refractivity (Wildman–Crippen MR) is 106 cm³/mol. The molecule has 0 aliphatic carbocycles. The minimum absolute atomic E-state index is 0.101. The van der Waals surface area contributed by atoms with Gasteiger partial charge in [-0.1, -0.05) is 6.07 Å². The quantitative estimate of drug-likeness (QED) is 0.400. The zero-order chi connectivity index (χ0) is 20.7. The van der Waals surface area contributed by atoms with Crippen molar-refractivity contribution < 1.29 is 23.5 Å². The molecule has 6 heteroatoms. The molecule has 1 fully saturated rings. The Kier molecular flexibility index (Phi) is 4.54. The molecular formula is C23H18FNO4. The van der Waals surface area contributed by atoms with Crippen LogP contribution in [0.15, 0.2) is 70.9 Å². The number of carbonyl (C=O) groups is 2. The molecule has 4 rings (SSSR count). The van der Waals surface area contributed by atoms with Crippen LogP contribution in [0.4, 0.5) is 10.1 Å². The second-order valence-corrected chi connectivity index (χ2v) is 7.04. The Morgan fingerprint density at radius 1 is 1.03 bits per heavy atom. The molecule has 1 saturated heterocycles. The largest absolute Gasteiger partial charge is 0.507 e. The molecule has 146 valence electrons. The van der Waals surface area contributed by atoms with E-state index in [2.05, 4.69) is 0 Å². The summed E-state index contributed by atoms with van der Waals surface area (Å²) in [7, 11) is 0. The number of aliphatic hydroxyl groups is 1. The maximum absolute atomic E-state index is 13.3. The number of aryl methyl sites for hydroxylation is 2. The van der Waals surface area contributed by atoms with Gasteiger partial charge in [0, 0.05) is 11.3 Å². The Labute approximate surface area is 166 Å². The molecule has 0 bridgehead atoms. The second kappa shape index (κ2) is 7.05. The van der Waals surface area contributed by atoms with Crippen LogP contribution in [0.5, 0.6) is 0 Å². The molecule has 0 saturated carbocycles. The summed E-state index contributed by atoms with van der Waals surface area (Å²) in [5.74, 6) is -2.10. The van der Waals surface area contributed by atoms with Crippen LogP contribution in [-0.2, 0) is 9.59 Å². The van der Waals surface area contributed by atoms with Crippen LogP contribution in [0, 0.1) is 19.7 Å². The van der Waals surface area contributed by atoms with Crippen molar-refractivity contribution in [3.63, 3.8) is 0 Å². The lowest BCUT2D eigenvalue weighted by atomic mass is 9.99. The molecule has 1 aromatic heterocycles. The van der Waals surface area contributed by atoms with Gasteiger partial charge in [0.05, 0.1) is 11.8 Å². The normalized spacial score (nSPS) is 18.4. The molecule has 2 heterocycles. The first-order chi connectivity index (χ1) is 13.9. The molecule has 29 heavy (non-hydrogen) atoms. The SMILES string of the molecule is Cc1cc(C)cc(N2C(=O)C(=O)/C(=C(\O)c3ccc(F)cc3)C2c2ccco2)c1. The van der Waals surface area contributed by atoms with E-state index in [1.54, 1.807) is 24.3 Å². The number of hydrogen-bond donors (Lipinski definition) is 1. The summed E-state index contributed by atoms with van der Waals surface area (Å²) in [6.07, 6.45) is 1.44. The summed E-state index contributed by atoms with van der Waals surface area (Å²) in [5, 5.41) is 10.9. The number of amides is 1. The summed E-state index contributed by atoms with van der Waals surface area (Å²) in [6.45, 7) is 3.79. The van der Waals surface area contributed by atoms with Gasteiger partial charge in [0.15, 0.2) is 0 Å². The number of ketones is 1. The Balaban J connectivity index is 1.94. The van der Waals surface area contributed by atoms with Crippen molar-refractivity contribution in [2.45, 2.75) is 19.9 Å². The third-order valence-electron chi connectivity index (χ3n) is 4.86. The van der Waals surface area contributed by atoms with Crippen LogP contribution in [-0.4, -0.2) is 16.8 Å². The molecule has 2 aromatic carbocycles. The number of rotatable bonds is 3. The maximum atomic E-state index is 13.3. The van der Waals surface area contributed by atoms with E-state index in [0.717, 1.165) is 11.1 Å². The molecule has 1 aliphatic rings. The van der Waals surface area contributed by atoms with E-state index in [4.69, 9.17) is 4.42 Å². The lowest BCUT2D eigenvalue weighted by Gasteiger charge is -2.24. The van der Waals surface area contributed by atoms with Crippen molar-refractivity contribution >= 4 is 23.1 Å². The Hall–Kier alpha value is -3.67. The fourth-order valence-electron chi connectivity index (χ4n) is 3.67. The minimum atomic E-state index is -0.934. The summed E-state index contributed by atoms with van der Waals surface area (Å²) < 4.78 is 18.8. The molecule has 1 unspecified atom stereocenters. The molecule has 3 aromatic rings. The second-order valence-electron chi connectivity index (χ2n) is 7.04. The minimum Gasteiger partial charge on any atom is -0.507 e. The third-order valence-corrected chi connectivity index (χ3v) is 4.86. The Morgan fingerprint density at radius 2 is 1.69 bits per heavy atom. The van der Waals surface area contributed by atoms with E-state index in [1.807, 2.05) is 19.9 Å². The predicted octanol–water partition coefficient (Wildman–Crippen LogP) is 4.66. The molecule has 0 spiro atoms. The molecule has 1 N–H and O–H groups in total. The van der Waals surface area contributed by atoms with Crippen molar-refractivity contribution in [3.8, 4) is 0 Å². The summed E-state index contributed by atoms with van der Waals surface area (Å²) in [4.78, 5) is 27.2. The molecule has 1 aliphatic heterocycles. The number of hydrogen-bond acceptors (Lipinski definition) is 4. The van der Waals surface area contributed by atoms with E-state index in [1.165, 1.54) is 35.4 Å². The van der Waals surface area contributed by atoms with Gasteiger partial charge in [-0.05, 0) is 73.5 Å². The van der Waals surface area contributed by atoms with Gasteiger partial charge >= 0.3 is 0 Å². The number of nitrogens with zero attached hydrogens (tertiary/aromatic N) is 1. The average Bonchev–Trinajstić information content (AvgIpc) is 3.28. The highest BCUT2D eigenvalue weighted by Gasteiger charge is 2.48. The van der Waals surface area contributed by atoms with E-state index < -0.39 is 23.5 Å². The monoisotopic (exact) mass is 391 g/mol. The zero-order valence-electron chi connectivity index (χ0n) is 15.8. The van der Waals surface area contributed by atoms with Gasteiger partial charge in [-0.15, -0.1) is 0 Å². The van der Waals surface area contributed by atoms with Crippen LogP contribution in [0.2, 0.25) is 0 Å². The van der Waals surface area contributed by atoms with Gasteiger partial charge in [0.1, 0.15) is 23.4 Å². The molecular weight excluding hydrogens is 373 g/mol. The lowest BCUT2D eigenvalue weighted by molar-refractivity contribution is -0.132. The topological polar surface area (TPSA) is 70.8 Å². The molecule has 1 atom stereocenters. The van der Waals surface area contributed by atoms with Crippen molar-refractivity contribution in [3.05, 3.63) is 94.7 Å². The number of halogens is 1. The average molecular weight is 391 g/mol. The van der Waals surface area contributed by atoms with E-state index in [0.29, 0.717) is 11.4 Å². The zero-order valence-corrected chi connectivity index (χ0v) is 15.8. The van der Waals surface area contributed by atoms with Gasteiger partial charge in [-0.2, -0.15) is 0 Å². The summed E-state index contributed by atoms with van der Waals surface area (Å²) in [6, 6.07) is 13.0. The number of furan rings is 1. The van der Waals surface area contributed by atoms with Crippen molar-refractivity contribution in [2.24, 2.45) is 0 Å². The first-order valence-electron chi connectivity index (χ1n) is 9.05. The number of benzene rings is 2. The lowest BCUT2D eigenvalue weighted by Crippen LogP contribution is -2.29. The highest BCUT2D eigenvalue weighted by Crippen LogP contribution is 2.42. The first-order valence-corrected chi connectivity index (χ1v) is 9.05.